The molecule has 1 rings (SSSR count). The Morgan fingerprint density at radius 2 is 2.00 bits per heavy atom. The summed E-state index contributed by atoms with van der Waals surface area (Å²) in [5.74, 6) is -0.637. The average Bonchev–Trinajstić information content (AvgIpc) is 1.95. The summed E-state index contributed by atoms with van der Waals surface area (Å²) in [6.07, 6.45) is 0. The number of hydrogen-bond donors (Lipinski definition) is 2. The van der Waals surface area contributed by atoms with Gasteiger partial charge in [0.1, 0.15) is 0 Å². The fourth-order valence-electron chi connectivity index (χ4n) is 0.644. The number of rotatable bonds is 1. The van der Waals surface area contributed by atoms with E-state index in [1.54, 1.807) is 0 Å². The van der Waals surface area contributed by atoms with Crippen LogP contribution in [-0.4, -0.2) is 17.4 Å². The summed E-state index contributed by atoms with van der Waals surface area (Å²) < 4.78 is 10.1. The van der Waals surface area contributed by atoms with Crippen LogP contribution in [0.15, 0.2) is 18.2 Å². The van der Waals surface area contributed by atoms with Gasteiger partial charge in [0.15, 0.2) is 0 Å². The Morgan fingerprint density at radius 3 is 2.50 bits per heavy atom. The van der Waals surface area contributed by atoms with E-state index in [2.05, 4.69) is 0 Å². The molecule has 2 N–H and O–H groups in total. The van der Waals surface area contributed by atoms with Crippen LogP contribution < -0.4 is 5.46 Å². The Hall–Kier alpha value is -1.32. The van der Waals surface area contributed by atoms with Gasteiger partial charge in [-0.05, 0) is 0 Å². The Balaban J connectivity index is 3.27. The summed E-state index contributed by atoms with van der Waals surface area (Å²) in [7, 11) is 0.481. The maximum absolute atomic E-state index is 10.1. The van der Waals surface area contributed by atoms with Gasteiger partial charge in [0, 0.05) is 0 Å². The molecule has 0 heterocycles. The molecule has 4 heteroatoms. The second kappa shape index (κ2) is 2.52. The number of phenols is 2. The predicted molar refractivity (Wildman–Crippen MR) is 35.8 cm³/mol. The summed E-state index contributed by atoms with van der Waals surface area (Å²) >= 11 is 0. The van der Waals surface area contributed by atoms with Gasteiger partial charge in [-0.2, -0.15) is 0 Å². The molecule has 0 saturated carbocycles. The molecule has 0 aliphatic carbocycles. The van der Waals surface area contributed by atoms with Gasteiger partial charge in [-0.15, -0.1) is 0 Å². The van der Waals surface area contributed by atoms with Crippen molar-refractivity contribution in [1.82, 2.24) is 0 Å². The van der Waals surface area contributed by atoms with Crippen LogP contribution in [0.3, 0.4) is 0 Å². The summed E-state index contributed by atoms with van der Waals surface area (Å²) in [6.45, 7) is 0. The van der Waals surface area contributed by atoms with Gasteiger partial charge in [-0.3, -0.25) is 0 Å². The third-order valence-corrected chi connectivity index (χ3v) is 1.17. The number of phenolic OH excluding ortho intramolecular Hbond substituents is 2. The van der Waals surface area contributed by atoms with E-state index in [0.717, 1.165) is 0 Å². The number of aromatic hydroxyl groups is 2. The topological polar surface area (TPSA) is 57.5 Å². The molecule has 50 valence electrons. The first kappa shape index (κ1) is 6.80. The molecular formula is C6H5BO3. The molecule has 0 aromatic heterocycles. The summed E-state index contributed by atoms with van der Waals surface area (Å²) in [5.41, 5.74) is 0.0972. The Kier molecular flexibility index (Phi) is 1.71. The Morgan fingerprint density at radius 1 is 1.30 bits per heavy atom. The van der Waals surface area contributed by atoms with E-state index < -0.39 is 0 Å². The molecule has 0 unspecified atom stereocenters. The minimum absolute atomic E-state index is 0.0972. The molecule has 1 aromatic carbocycles. The van der Waals surface area contributed by atoms with Gasteiger partial charge in [-0.1, -0.05) is 0 Å². The molecular weight excluding hydrogens is 131 g/mol. The summed E-state index contributed by atoms with van der Waals surface area (Å²) in [6, 6.07) is 4.21. The van der Waals surface area contributed by atoms with Crippen molar-refractivity contribution in [3.05, 3.63) is 18.2 Å². The zero-order chi connectivity index (χ0) is 7.56. The molecule has 0 fully saturated rings. The number of para-hydroxylation sites is 1. The van der Waals surface area contributed by atoms with Gasteiger partial charge in [0.05, 0.1) is 0 Å². The average molecular weight is 136 g/mol. The van der Waals surface area contributed by atoms with Crippen LogP contribution in [0.4, 0.5) is 0 Å². The third-order valence-electron chi connectivity index (χ3n) is 1.17. The van der Waals surface area contributed by atoms with Crippen molar-refractivity contribution in [3.63, 3.8) is 0 Å². The second-order valence-corrected chi connectivity index (χ2v) is 1.83. The van der Waals surface area contributed by atoms with E-state index in [1.165, 1.54) is 18.2 Å². The quantitative estimate of drug-likeness (QED) is 0.414. The molecule has 0 aliphatic rings. The molecule has 3 nitrogen and oxygen atoms in total. The summed E-state index contributed by atoms with van der Waals surface area (Å²) in [4.78, 5) is 0. The van der Waals surface area contributed by atoms with E-state index >= 15 is 0 Å². The molecule has 0 aliphatic heterocycles. The Labute approximate surface area is 58.2 Å². The van der Waals surface area contributed by atoms with Crippen LogP contribution in [0, 0.1) is 0 Å². The van der Waals surface area contributed by atoms with Crippen molar-refractivity contribution in [1.29, 1.82) is 0 Å². The van der Waals surface area contributed by atoms with Gasteiger partial charge in [0.2, 0.25) is 0 Å². The fraction of sp³-hybridized carbons (Fsp3) is 0. The standard InChI is InChI=1S/C6H5BO3/c8-5-3-1-2-4(7-10)6(5)9/h1-3,8-9H. The van der Waals surface area contributed by atoms with Crippen LogP contribution in [0.25, 0.3) is 0 Å². The van der Waals surface area contributed by atoms with Gasteiger partial charge < -0.3 is 0 Å². The van der Waals surface area contributed by atoms with Crippen LogP contribution >= 0.6 is 0 Å². The molecule has 0 saturated heterocycles. The van der Waals surface area contributed by atoms with Gasteiger partial charge >= 0.3 is 57.2 Å². The Bertz CT molecular complexity index is 259. The van der Waals surface area contributed by atoms with Crippen molar-refractivity contribution in [2.75, 3.05) is 0 Å². The zero-order valence-electron chi connectivity index (χ0n) is 5.11. The third kappa shape index (κ3) is 1.00. The van der Waals surface area contributed by atoms with E-state index in [-0.39, 0.29) is 17.0 Å². The van der Waals surface area contributed by atoms with Gasteiger partial charge in [-0.25, -0.2) is 0 Å². The monoisotopic (exact) mass is 136 g/mol. The maximum atomic E-state index is 10.1. The molecule has 10 heavy (non-hydrogen) atoms. The molecule has 1 aromatic rings. The van der Waals surface area contributed by atoms with Crippen molar-refractivity contribution in [2.24, 2.45) is 0 Å². The molecule has 0 radical (unpaired) electrons. The van der Waals surface area contributed by atoms with Crippen molar-refractivity contribution >= 4 is 12.6 Å². The van der Waals surface area contributed by atoms with Crippen LogP contribution in [-0.2, 0) is 4.70 Å². The first-order chi connectivity index (χ1) is 4.75. The zero-order valence-corrected chi connectivity index (χ0v) is 5.11. The van der Waals surface area contributed by atoms with E-state index in [9.17, 15) is 4.70 Å². The van der Waals surface area contributed by atoms with Crippen molar-refractivity contribution in [3.8, 4) is 11.5 Å². The van der Waals surface area contributed by atoms with Crippen molar-refractivity contribution < 1.29 is 14.9 Å². The van der Waals surface area contributed by atoms with Crippen LogP contribution in [0.2, 0.25) is 0 Å². The molecule has 0 atom stereocenters. The summed E-state index contributed by atoms with van der Waals surface area (Å²) in [5, 5.41) is 17.7. The predicted octanol–water partition coefficient (Wildman–Crippen LogP) is -0.227. The molecule has 0 spiro atoms. The van der Waals surface area contributed by atoms with E-state index in [4.69, 9.17) is 10.2 Å². The number of hydrogen-bond acceptors (Lipinski definition) is 3. The number of benzene rings is 1. The minimum atomic E-state index is -0.363. The van der Waals surface area contributed by atoms with Gasteiger partial charge in [0.25, 0.3) is 0 Å². The first-order valence-corrected chi connectivity index (χ1v) is 2.72. The normalized spacial score (nSPS) is 8.80. The molecule has 0 bridgehead atoms. The van der Waals surface area contributed by atoms with Crippen LogP contribution in [0.1, 0.15) is 0 Å². The fourth-order valence-corrected chi connectivity index (χ4v) is 0.644. The van der Waals surface area contributed by atoms with E-state index in [1.807, 2.05) is 0 Å². The van der Waals surface area contributed by atoms with E-state index in [0.29, 0.717) is 7.15 Å². The second-order valence-electron chi connectivity index (χ2n) is 1.83. The van der Waals surface area contributed by atoms with Crippen molar-refractivity contribution in [2.45, 2.75) is 0 Å². The molecule has 0 amide bonds. The van der Waals surface area contributed by atoms with Crippen LogP contribution in [0.5, 0.6) is 11.5 Å². The first-order valence-electron chi connectivity index (χ1n) is 2.72. The SMILES string of the molecule is O=Bc1cccc(O)c1O.